The van der Waals surface area contributed by atoms with Crippen LogP contribution in [0.3, 0.4) is 0 Å². The summed E-state index contributed by atoms with van der Waals surface area (Å²) in [4.78, 5) is 4.94. The molecule has 1 saturated heterocycles. The van der Waals surface area contributed by atoms with Crippen molar-refractivity contribution in [3.8, 4) is 0 Å². The molecule has 1 heterocycles. The van der Waals surface area contributed by atoms with Crippen LogP contribution in [0.4, 0.5) is 0 Å². The van der Waals surface area contributed by atoms with Gasteiger partial charge in [0.25, 0.3) is 0 Å². The van der Waals surface area contributed by atoms with Crippen LogP contribution in [0, 0.1) is 0 Å². The highest BCUT2D eigenvalue weighted by atomic mass is 16.5. The van der Waals surface area contributed by atoms with Gasteiger partial charge in [-0.25, -0.2) is 0 Å². The van der Waals surface area contributed by atoms with Crippen molar-refractivity contribution >= 4 is 0 Å². The average molecular weight is 271 g/mol. The average Bonchev–Trinajstić information content (AvgIpc) is 2.70. The van der Waals surface area contributed by atoms with Crippen LogP contribution in [0.15, 0.2) is 0 Å². The number of hydrogen-bond donors (Lipinski definition) is 1. The van der Waals surface area contributed by atoms with E-state index in [0.29, 0.717) is 12.1 Å². The van der Waals surface area contributed by atoms with Gasteiger partial charge in [0.2, 0.25) is 0 Å². The van der Waals surface area contributed by atoms with Crippen LogP contribution >= 0.6 is 0 Å². The van der Waals surface area contributed by atoms with Crippen molar-refractivity contribution in [1.82, 2.24) is 15.1 Å². The van der Waals surface area contributed by atoms with Crippen molar-refractivity contribution in [2.75, 3.05) is 47.4 Å². The fourth-order valence-corrected chi connectivity index (χ4v) is 2.84. The topological polar surface area (TPSA) is 27.7 Å². The molecule has 0 radical (unpaired) electrons. The number of likely N-dealkylation sites (N-methyl/N-ethyl adjacent to an activating group) is 1. The molecule has 0 aromatic heterocycles. The summed E-state index contributed by atoms with van der Waals surface area (Å²) in [7, 11) is 6.13. The van der Waals surface area contributed by atoms with Crippen LogP contribution in [0.25, 0.3) is 0 Å². The van der Waals surface area contributed by atoms with Gasteiger partial charge in [-0.1, -0.05) is 0 Å². The molecule has 2 unspecified atom stereocenters. The van der Waals surface area contributed by atoms with Crippen LogP contribution in [0.1, 0.15) is 33.6 Å². The molecule has 0 spiro atoms. The molecule has 1 aliphatic rings. The molecule has 0 bridgehead atoms. The number of likely N-dealkylation sites (tertiary alicyclic amines) is 1. The fourth-order valence-electron chi connectivity index (χ4n) is 2.84. The SMILES string of the molecule is COCC(CNC(C)(C)C)N1CCCC1CN(C)C. The summed E-state index contributed by atoms with van der Waals surface area (Å²) >= 11 is 0. The largest absolute Gasteiger partial charge is 0.383 e. The zero-order valence-electron chi connectivity index (χ0n) is 13.7. The van der Waals surface area contributed by atoms with Crippen LogP contribution in [-0.4, -0.2) is 74.9 Å². The Kier molecular flexibility index (Phi) is 6.74. The molecule has 1 fully saturated rings. The number of nitrogens with zero attached hydrogens (tertiary/aromatic N) is 2. The Morgan fingerprint density at radius 3 is 2.58 bits per heavy atom. The first-order valence-corrected chi connectivity index (χ1v) is 7.48. The van der Waals surface area contributed by atoms with Gasteiger partial charge in [0.1, 0.15) is 0 Å². The van der Waals surface area contributed by atoms with E-state index < -0.39 is 0 Å². The Hall–Kier alpha value is -0.160. The Morgan fingerprint density at radius 1 is 1.37 bits per heavy atom. The third-order valence-electron chi connectivity index (χ3n) is 3.69. The van der Waals surface area contributed by atoms with Crippen molar-refractivity contribution in [3.05, 3.63) is 0 Å². The smallest absolute Gasteiger partial charge is 0.0630 e. The van der Waals surface area contributed by atoms with Gasteiger partial charge < -0.3 is 15.0 Å². The highest BCUT2D eigenvalue weighted by molar-refractivity contribution is 4.88. The van der Waals surface area contributed by atoms with E-state index in [1.54, 1.807) is 7.11 Å². The molecule has 4 nitrogen and oxygen atoms in total. The predicted octanol–water partition coefficient (Wildman–Crippen LogP) is 1.42. The first kappa shape index (κ1) is 16.9. The van der Waals surface area contributed by atoms with Crippen molar-refractivity contribution in [1.29, 1.82) is 0 Å². The lowest BCUT2D eigenvalue weighted by molar-refractivity contribution is 0.0699. The quantitative estimate of drug-likeness (QED) is 0.758. The molecule has 114 valence electrons. The molecule has 4 heteroatoms. The number of rotatable bonds is 7. The van der Waals surface area contributed by atoms with E-state index in [9.17, 15) is 0 Å². The van der Waals surface area contributed by atoms with Crippen LogP contribution in [0.5, 0.6) is 0 Å². The summed E-state index contributed by atoms with van der Waals surface area (Å²) in [5, 5.41) is 3.62. The summed E-state index contributed by atoms with van der Waals surface area (Å²) in [6, 6.07) is 1.16. The highest BCUT2D eigenvalue weighted by Gasteiger charge is 2.31. The van der Waals surface area contributed by atoms with Crippen LogP contribution < -0.4 is 5.32 Å². The lowest BCUT2D eigenvalue weighted by atomic mass is 10.1. The number of hydrogen-bond acceptors (Lipinski definition) is 4. The van der Waals surface area contributed by atoms with E-state index in [-0.39, 0.29) is 5.54 Å². The number of ether oxygens (including phenoxy) is 1. The molecule has 1 aliphatic heterocycles. The van der Waals surface area contributed by atoms with E-state index in [1.165, 1.54) is 19.4 Å². The first-order chi connectivity index (χ1) is 8.83. The first-order valence-electron chi connectivity index (χ1n) is 7.48. The van der Waals surface area contributed by atoms with E-state index >= 15 is 0 Å². The molecular formula is C15H33N3O. The van der Waals surface area contributed by atoms with Gasteiger partial charge in [0.15, 0.2) is 0 Å². The lowest BCUT2D eigenvalue weighted by Crippen LogP contribution is -2.52. The molecular weight excluding hydrogens is 238 g/mol. The monoisotopic (exact) mass is 271 g/mol. The standard InChI is InChI=1S/C15H33N3O/c1-15(2,3)16-10-14(12-19-6)18-9-7-8-13(18)11-17(4)5/h13-14,16H,7-12H2,1-6H3. The molecule has 0 aromatic carbocycles. The van der Waals surface area contributed by atoms with E-state index in [2.05, 4.69) is 50.0 Å². The molecule has 0 amide bonds. The minimum Gasteiger partial charge on any atom is -0.383 e. The molecule has 2 atom stereocenters. The molecule has 1 N–H and O–H groups in total. The Balaban J connectivity index is 2.58. The maximum atomic E-state index is 5.44. The van der Waals surface area contributed by atoms with Crippen molar-refractivity contribution in [3.63, 3.8) is 0 Å². The van der Waals surface area contributed by atoms with E-state index in [4.69, 9.17) is 4.74 Å². The van der Waals surface area contributed by atoms with Gasteiger partial charge in [0, 0.05) is 37.8 Å². The van der Waals surface area contributed by atoms with Crippen LogP contribution in [-0.2, 0) is 4.74 Å². The molecule has 1 rings (SSSR count). The second-order valence-corrected chi connectivity index (χ2v) is 7.04. The summed E-state index contributed by atoms with van der Waals surface area (Å²) < 4.78 is 5.44. The second kappa shape index (κ2) is 7.58. The predicted molar refractivity (Wildman–Crippen MR) is 81.7 cm³/mol. The lowest BCUT2D eigenvalue weighted by Gasteiger charge is -2.36. The van der Waals surface area contributed by atoms with Gasteiger partial charge >= 0.3 is 0 Å². The summed E-state index contributed by atoms with van der Waals surface area (Å²) in [5.74, 6) is 0. The van der Waals surface area contributed by atoms with Crippen LogP contribution in [0.2, 0.25) is 0 Å². The van der Waals surface area contributed by atoms with Gasteiger partial charge in [-0.15, -0.1) is 0 Å². The fraction of sp³-hybridized carbons (Fsp3) is 1.00. The summed E-state index contributed by atoms with van der Waals surface area (Å²) in [6.45, 7) is 10.8. The van der Waals surface area contributed by atoms with Gasteiger partial charge in [-0.3, -0.25) is 4.90 Å². The second-order valence-electron chi connectivity index (χ2n) is 7.04. The Morgan fingerprint density at radius 2 is 2.05 bits per heavy atom. The Labute approximate surface area is 119 Å². The molecule has 0 saturated carbocycles. The Bertz CT molecular complexity index is 250. The van der Waals surface area contributed by atoms with Crippen molar-refractivity contribution < 1.29 is 4.74 Å². The maximum Gasteiger partial charge on any atom is 0.0630 e. The highest BCUT2D eigenvalue weighted by Crippen LogP contribution is 2.21. The van der Waals surface area contributed by atoms with Gasteiger partial charge in [0.05, 0.1) is 6.61 Å². The number of nitrogens with one attached hydrogen (secondary N) is 1. The molecule has 19 heavy (non-hydrogen) atoms. The summed E-state index contributed by atoms with van der Waals surface area (Å²) in [6.07, 6.45) is 2.63. The van der Waals surface area contributed by atoms with Crippen molar-refractivity contribution in [2.45, 2.75) is 51.2 Å². The minimum atomic E-state index is 0.169. The zero-order chi connectivity index (χ0) is 14.5. The van der Waals surface area contributed by atoms with E-state index in [0.717, 1.165) is 19.7 Å². The van der Waals surface area contributed by atoms with Gasteiger partial charge in [-0.2, -0.15) is 0 Å². The molecule has 0 aromatic rings. The third-order valence-corrected chi connectivity index (χ3v) is 3.69. The van der Waals surface area contributed by atoms with Crippen molar-refractivity contribution in [2.24, 2.45) is 0 Å². The number of methoxy groups -OCH3 is 1. The van der Waals surface area contributed by atoms with Gasteiger partial charge in [-0.05, 0) is 54.3 Å². The van der Waals surface area contributed by atoms with E-state index in [1.807, 2.05) is 0 Å². The summed E-state index contributed by atoms with van der Waals surface area (Å²) in [5.41, 5.74) is 0.169. The third kappa shape index (κ3) is 6.21. The zero-order valence-corrected chi connectivity index (χ0v) is 13.7. The normalized spacial score (nSPS) is 23.2. The maximum absolute atomic E-state index is 5.44. The minimum absolute atomic E-state index is 0.169. The molecule has 0 aliphatic carbocycles.